The van der Waals surface area contributed by atoms with Crippen LogP contribution in [0.3, 0.4) is 0 Å². The average molecular weight is 339 g/mol. The quantitative estimate of drug-likeness (QED) is 0.849. The standard InChI is InChI=1S/C20H25N3O2/c1-2-12-21-19-17(10-6-13-22-19)18-11-7-14-23(18)20(24)25-15-16-8-4-3-5-9-16/h3-6,8-10,13,18H,2,7,11-12,14-15H2,1H3,(H,21,22)/t18-/m0/s1. The van der Waals surface area contributed by atoms with E-state index in [-0.39, 0.29) is 12.1 Å². The van der Waals surface area contributed by atoms with Gasteiger partial charge in [-0.05, 0) is 30.9 Å². The summed E-state index contributed by atoms with van der Waals surface area (Å²) in [6.07, 6.45) is 4.48. The van der Waals surface area contributed by atoms with E-state index in [0.29, 0.717) is 6.61 Å². The van der Waals surface area contributed by atoms with Gasteiger partial charge in [0.1, 0.15) is 12.4 Å². The number of rotatable bonds is 6. The Bertz CT molecular complexity index is 690. The van der Waals surface area contributed by atoms with Gasteiger partial charge in [-0.3, -0.25) is 0 Å². The number of amides is 1. The van der Waals surface area contributed by atoms with E-state index in [1.54, 1.807) is 6.20 Å². The molecule has 1 aromatic heterocycles. The lowest BCUT2D eigenvalue weighted by molar-refractivity contribution is 0.0921. The van der Waals surface area contributed by atoms with Gasteiger partial charge < -0.3 is 15.0 Å². The molecule has 1 aromatic carbocycles. The molecule has 0 bridgehead atoms. The molecule has 5 heteroatoms. The van der Waals surface area contributed by atoms with Crippen molar-refractivity contribution in [1.82, 2.24) is 9.88 Å². The first-order chi connectivity index (χ1) is 12.3. The molecule has 0 spiro atoms. The van der Waals surface area contributed by atoms with E-state index < -0.39 is 0 Å². The topological polar surface area (TPSA) is 54.5 Å². The Balaban J connectivity index is 1.69. The van der Waals surface area contributed by atoms with Gasteiger partial charge in [0.25, 0.3) is 0 Å². The van der Waals surface area contributed by atoms with Crippen molar-refractivity contribution < 1.29 is 9.53 Å². The number of benzene rings is 1. The summed E-state index contributed by atoms with van der Waals surface area (Å²) in [5.41, 5.74) is 2.07. The van der Waals surface area contributed by atoms with Crippen LogP contribution in [0, 0.1) is 0 Å². The van der Waals surface area contributed by atoms with Crippen LogP contribution < -0.4 is 5.32 Å². The summed E-state index contributed by atoms with van der Waals surface area (Å²) in [4.78, 5) is 18.9. The van der Waals surface area contributed by atoms with Gasteiger partial charge in [0, 0.05) is 24.8 Å². The Hall–Kier alpha value is -2.56. The monoisotopic (exact) mass is 339 g/mol. The molecule has 132 valence electrons. The Morgan fingerprint density at radius 2 is 2.12 bits per heavy atom. The minimum Gasteiger partial charge on any atom is -0.445 e. The van der Waals surface area contributed by atoms with Crippen LogP contribution in [0.5, 0.6) is 0 Å². The number of likely N-dealkylation sites (tertiary alicyclic amines) is 1. The summed E-state index contributed by atoms with van der Waals surface area (Å²) >= 11 is 0. The Kier molecular flexibility index (Phi) is 5.88. The van der Waals surface area contributed by atoms with Crippen LogP contribution in [0.25, 0.3) is 0 Å². The van der Waals surface area contributed by atoms with Crippen molar-refractivity contribution in [2.45, 2.75) is 38.8 Å². The first-order valence-corrected chi connectivity index (χ1v) is 8.95. The van der Waals surface area contributed by atoms with Crippen molar-refractivity contribution in [3.8, 4) is 0 Å². The smallest absolute Gasteiger partial charge is 0.410 e. The molecule has 2 aromatic rings. The van der Waals surface area contributed by atoms with Gasteiger partial charge >= 0.3 is 6.09 Å². The summed E-state index contributed by atoms with van der Waals surface area (Å²) in [7, 11) is 0. The van der Waals surface area contributed by atoms with Crippen LogP contribution >= 0.6 is 0 Å². The largest absolute Gasteiger partial charge is 0.445 e. The van der Waals surface area contributed by atoms with Gasteiger partial charge in [-0.25, -0.2) is 9.78 Å². The molecule has 1 fully saturated rings. The predicted octanol–water partition coefficient (Wildman–Crippen LogP) is 4.38. The highest BCUT2D eigenvalue weighted by Crippen LogP contribution is 2.35. The van der Waals surface area contributed by atoms with Crippen molar-refractivity contribution in [3.63, 3.8) is 0 Å². The highest BCUT2D eigenvalue weighted by Gasteiger charge is 2.32. The van der Waals surface area contributed by atoms with E-state index in [2.05, 4.69) is 23.3 Å². The molecule has 0 aliphatic carbocycles. The molecule has 1 atom stereocenters. The Morgan fingerprint density at radius 3 is 2.92 bits per heavy atom. The third kappa shape index (κ3) is 4.29. The van der Waals surface area contributed by atoms with Crippen LogP contribution in [0.1, 0.15) is 43.4 Å². The zero-order valence-electron chi connectivity index (χ0n) is 14.6. The molecular weight excluding hydrogens is 314 g/mol. The lowest BCUT2D eigenvalue weighted by Gasteiger charge is -2.26. The van der Waals surface area contributed by atoms with E-state index in [4.69, 9.17) is 4.74 Å². The van der Waals surface area contributed by atoms with Crippen LogP contribution in [0.15, 0.2) is 48.7 Å². The average Bonchev–Trinajstić information content (AvgIpc) is 3.15. The van der Waals surface area contributed by atoms with Crippen LogP contribution in [-0.4, -0.2) is 29.1 Å². The summed E-state index contributed by atoms with van der Waals surface area (Å²) in [6.45, 7) is 4.02. The third-order valence-electron chi connectivity index (χ3n) is 4.43. The van der Waals surface area contributed by atoms with Gasteiger partial charge in [0.2, 0.25) is 0 Å². The van der Waals surface area contributed by atoms with Crippen molar-refractivity contribution in [2.24, 2.45) is 0 Å². The lowest BCUT2D eigenvalue weighted by atomic mass is 10.1. The van der Waals surface area contributed by atoms with E-state index >= 15 is 0 Å². The number of carbonyl (C=O) groups excluding carboxylic acids is 1. The molecule has 0 radical (unpaired) electrons. The van der Waals surface area contributed by atoms with Crippen LogP contribution in [-0.2, 0) is 11.3 Å². The molecule has 1 saturated heterocycles. The van der Waals surface area contributed by atoms with E-state index in [1.807, 2.05) is 41.3 Å². The highest BCUT2D eigenvalue weighted by atomic mass is 16.6. The number of anilines is 1. The molecule has 1 aliphatic heterocycles. The Labute approximate surface area is 149 Å². The fourth-order valence-electron chi connectivity index (χ4n) is 3.19. The molecule has 25 heavy (non-hydrogen) atoms. The number of nitrogens with one attached hydrogen (secondary N) is 1. The first-order valence-electron chi connectivity index (χ1n) is 8.95. The maximum Gasteiger partial charge on any atom is 0.410 e. The van der Waals surface area contributed by atoms with Crippen LogP contribution in [0.4, 0.5) is 10.6 Å². The minimum atomic E-state index is -0.253. The molecule has 1 amide bonds. The Morgan fingerprint density at radius 1 is 1.28 bits per heavy atom. The molecule has 1 N–H and O–H groups in total. The van der Waals surface area contributed by atoms with E-state index in [1.165, 1.54) is 0 Å². The second-order valence-electron chi connectivity index (χ2n) is 6.26. The zero-order chi connectivity index (χ0) is 17.5. The second-order valence-corrected chi connectivity index (χ2v) is 6.26. The summed E-state index contributed by atoms with van der Waals surface area (Å²) in [5.74, 6) is 0.872. The minimum absolute atomic E-state index is 0.0244. The van der Waals surface area contributed by atoms with Crippen LogP contribution in [0.2, 0.25) is 0 Å². The molecule has 5 nitrogen and oxygen atoms in total. The number of carbonyl (C=O) groups is 1. The van der Waals surface area contributed by atoms with E-state index in [0.717, 1.165) is 49.3 Å². The molecular formula is C20H25N3O2. The van der Waals surface area contributed by atoms with Crippen molar-refractivity contribution >= 4 is 11.9 Å². The predicted molar refractivity (Wildman–Crippen MR) is 98.3 cm³/mol. The number of hydrogen-bond acceptors (Lipinski definition) is 4. The van der Waals surface area contributed by atoms with Gasteiger partial charge in [-0.1, -0.05) is 43.3 Å². The number of nitrogens with zero attached hydrogens (tertiary/aromatic N) is 2. The van der Waals surface area contributed by atoms with Crippen molar-refractivity contribution in [1.29, 1.82) is 0 Å². The zero-order valence-corrected chi connectivity index (χ0v) is 14.6. The number of aromatic nitrogens is 1. The highest BCUT2D eigenvalue weighted by molar-refractivity contribution is 5.69. The van der Waals surface area contributed by atoms with Gasteiger partial charge in [-0.15, -0.1) is 0 Å². The molecule has 1 aliphatic rings. The normalized spacial score (nSPS) is 16.7. The van der Waals surface area contributed by atoms with Gasteiger partial charge in [0.15, 0.2) is 0 Å². The first kappa shape index (κ1) is 17.3. The molecule has 0 unspecified atom stereocenters. The van der Waals surface area contributed by atoms with Crippen molar-refractivity contribution in [2.75, 3.05) is 18.4 Å². The summed E-state index contributed by atoms with van der Waals surface area (Å²) in [6, 6.07) is 13.8. The maximum absolute atomic E-state index is 12.6. The third-order valence-corrected chi connectivity index (χ3v) is 4.43. The SMILES string of the molecule is CCCNc1ncccc1[C@@H]1CCCN1C(=O)OCc1ccccc1. The van der Waals surface area contributed by atoms with Gasteiger partial charge in [0.05, 0.1) is 6.04 Å². The van der Waals surface area contributed by atoms with Gasteiger partial charge in [-0.2, -0.15) is 0 Å². The molecule has 2 heterocycles. The second kappa shape index (κ2) is 8.51. The fraction of sp³-hybridized carbons (Fsp3) is 0.400. The number of ether oxygens (including phenoxy) is 1. The lowest BCUT2D eigenvalue weighted by Crippen LogP contribution is -2.31. The van der Waals surface area contributed by atoms with Crippen molar-refractivity contribution in [3.05, 3.63) is 59.8 Å². The van der Waals surface area contributed by atoms with E-state index in [9.17, 15) is 4.79 Å². The number of hydrogen-bond donors (Lipinski definition) is 1. The molecule has 3 rings (SSSR count). The molecule has 0 saturated carbocycles. The maximum atomic E-state index is 12.6. The fourth-order valence-corrected chi connectivity index (χ4v) is 3.19. The summed E-state index contributed by atoms with van der Waals surface area (Å²) < 4.78 is 5.53. The summed E-state index contributed by atoms with van der Waals surface area (Å²) in [5, 5.41) is 3.37. The number of pyridine rings is 1.